The molecule has 0 atom stereocenters. The van der Waals surface area contributed by atoms with Crippen molar-refractivity contribution in [1.82, 2.24) is 25.1 Å². The number of amides is 1. The molecular formula is C18H21N5O. The summed E-state index contributed by atoms with van der Waals surface area (Å²) in [7, 11) is 0. The third-order valence-corrected chi connectivity index (χ3v) is 4.82. The van der Waals surface area contributed by atoms with Crippen molar-refractivity contribution in [2.75, 3.05) is 13.1 Å². The Morgan fingerprint density at radius 3 is 2.79 bits per heavy atom. The SMILES string of the molecule is O=C(CCc1nc2ccccc2[nH]1)N1CCC(c2ccn[nH]2)CC1. The van der Waals surface area contributed by atoms with Gasteiger partial charge >= 0.3 is 0 Å². The molecule has 3 aromatic rings. The van der Waals surface area contributed by atoms with E-state index in [0.29, 0.717) is 18.8 Å². The molecule has 0 aliphatic carbocycles. The van der Waals surface area contributed by atoms with Crippen LogP contribution in [0.5, 0.6) is 0 Å². The van der Waals surface area contributed by atoms with E-state index < -0.39 is 0 Å². The molecule has 0 radical (unpaired) electrons. The third-order valence-electron chi connectivity index (χ3n) is 4.82. The molecule has 0 unspecified atom stereocenters. The Morgan fingerprint density at radius 1 is 1.21 bits per heavy atom. The maximum Gasteiger partial charge on any atom is 0.223 e. The van der Waals surface area contributed by atoms with Crippen molar-refractivity contribution in [3.05, 3.63) is 48.0 Å². The number of para-hydroxylation sites is 2. The van der Waals surface area contributed by atoms with Crippen molar-refractivity contribution >= 4 is 16.9 Å². The van der Waals surface area contributed by atoms with E-state index in [-0.39, 0.29) is 5.91 Å². The van der Waals surface area contributed by atoms with E-state index in [4.69, 9.17) is 0 Å². The van der Waals surface area contributed by atoms with E-state index in [1.54, 1.807) is 6.20 Å². The highest BCUT2D eigenvalue weighted by atomic mass is 16.2. The lowest BCUT2D eigenvalue weighted by Crippen LogP contribution is -2.38. The van der Waals surface area contributed by atoms with Crippen LogP contribution in [0.2, 0.25) is 0 Å². The number of rotatable bonds is 4. The number of hydrogen-bond donors (Lipinski definition) is 2. The second-order valence-corrected chi connectivity index (χ2v) is 6.37. The van der Waals surface area contributed by atoms with Gasteiger partial charge in [0.1, 0.15) is 5.82 Å². The number of imidazole rings is 1. The van der Waals surface area contributed by atoms with Gasteiger partial charge in [0.15, 0.2) is 0 Å². The van der Waals surface area contributed by atoms with E-state index in [1.165, 1.54) is 5.69 Å². The molecule has 1 amide bonds. The Hall–Kier alpha value is -2.63. The van der Waals surface area contributed by atoms with Crippen LogP contribution in [0.4, 0.5) is 0 Å². The fraction of sp³-hybridized carbons (Fsp3) is 0.389. The largest absolute Gasteiger partial charge is 0.343 e. The van der Waals surface area contributed by atoms with Gasteiger partial charge in [0, 0.05) is 43.7 Å². The molecule has 1 saturated heterocycles. The summed E-state index contributed by atoms with van der Waals surface area (Å²) in [6, 6.07) is 9.98. The average Bonchev–Trinajstić information content (AvgIpc) is 3.29. The Morgan fingerprint density at radius 2 is 2.04 bits per heavy atom. The van der Waals surface area contributed by atoms with Gasteiger partial charge in [-0.25, -0.2) is 4.98 Å². The van der Waals surface area contributed by atoms with Crippen LogP contribution in [-0.4, -0.2) is 44.1 Å². The number of fused-ring (bicyclic) bond motifs is 1. The molecule has 0 spiro atoms. The van der Waals surface area contributed by atoms with Crippen LogP contribution in [0.1, 0.15) is 36.7 Å². The summed E-state index contributed by atoms with van der Waals surface area (Å²) in [5.74, 6) is 1.60. The van der Waals surface area contributed by atoms with Gasteiger partial charge in [-0.1, -0.05) is 12.1 Å². The normalized spacial score (nSPS) is 15.9. The second kappa shape index (κ2) is 6.47. The molecule has 1 aliphatic rings. The Kier molecular flexibility index (Phi) is 4.02. The molecule has 6 heteroatoms. The van der Waals surface area contributed by atoms with E-state index in [1.807, 2.05) is 35.2 Å². The number of H-pyrrole nitrogens is 2. The van der Waals surface area contributed by atoms with Crippen molar-refractivity contribution in [3.8, 4) is 0 Å². The Balaban J connectivity index is 1.30. The van der Waals surface area contributed by atoms with Crippen LogP contribution in [-0.2, 0) is 11.2 Å². The summed E-state index contributed by atoms with van der Waals surface area (Å²) in [4.78, 5) is 22.3. The van der Waals surface area contributed by atoms with Crippen LogP contribution in [0.15, 0.2) is 36.5 Å². The van der Waals surface area contributed by atoms with Gasteiger partial charge in [-0.05, 0) is 31.0 Å². The highest BCUT2D eigenvalue weighted by Gasteiger charge is 2.24. The van der Waals surface area contributed by atoms with Crippen molar-refractivity contribution in [1.29, 1.82) is 0 Å². The van der Waals surface area contributed by atoms with E-state index in [9.17, 15) is 4.79 Å². The first-order chi connectivity index (χ1) is 11.8. The Bertz CT molecular complexity index is 782. The first kappa shape index (κ1) is 14.9. The monoisotopic (exact) mass is 323 g/mol. The van der Waals surface area contributed by atoms with Crippen molar-refractivity contribution in [3.63, 3.8) is 0 Å². The molecule has 1 aromatic carbocycles. The number of likely N-dealkylation sites (tertiary alicyclic amines) is 1. The summed E-state index contributed by atoms with van der Waals surface area (Å²) >= 11 is 0. The van der Waals surface area contributed by atoms with Gasteiger partial charge in [-0.2, -0.15) is 5.10 Å². The average molecular weight is 323 g/mol. The van der Waals surface area contributed by atoms with Crippen LogP contribution < -0.4 is 0 Å². The van der Waals surface area contributed by atoms with Crippen molar-refractivity contribution in [2.24, 2.45) is 0 Å². The molecule has 1 aliphatic heterocycles. The minimum absolute atomic E-state index is 0.221. The fourth-order valence-electron chi connectivity index (χ4n) is 3.44. The number of aryl methyl sites for hydroxylation is 1. The highest BCUT2D eigenvalue weighted by Crippen LogP contribution is 2.26. The standard InChI is InChI=1S/C18H21N5O/c24-18(6-5-17-20-15-3-1-2-4-16(15)21-17)23-11-8-13(9-12-23)14-7-10-19-22-14/h1-4,7,10,13H,5-6,8-9,11-12H2,(H,19,22)(H,20,21). The van der Waals surface area contributed by atoms with Gasteiger partial charge in [-0.3, -0.25) is 9.89 Å². The number of benzene rings is 1. The molecule has 1 fully saturated rings. The molecule has 24 heavy (non-hydrogen) atoms. The highest BCUT2D eigenvalue weighted by molar-refractivity contribution is 5.77. The molecule has 0 saturated carbocycles. The number of nitrogens with zero attached hydrogens (tertiary/aromatic N) is 3. The zero-order valence-electron chi connectivity index (χ0n) is 13.5. The van der Waals surface area contributed by atoms with Gasteiger partial charge in [0.05, 0.1) is 11.0 Å². The summed E-state index contributed by atoms with van der Waals surface area (Å²) in [6.45, 7) is 1.64. The quantitative estimate of drug-likeness (QED) is 0.775. The van der Waals surface area contributed by atoms with Gasteiger partial charge in [-0.15, -0.1) is 0 Å². The van der Waals surface area contributed by atoms with E-state index in [2.05, 4.69) is 20.2 Å². The van der Waals surface area contributed by atoms with E-state index >= 15 is 0 Å². The predicted molar refractivity (Wildman–Crippen MR) is 91.6 cm³/mol. The molecule has 4 rings (SSSR count). The summed E-state index contributed by atoms with van der Waals surface area (Å²) in [5, 5.41) is 7.06. The minimum Gasteiger partial charge on any atom is -0.343 e. The van der Waals surface area contributed by atoms with Crippen LogP contribution >= 0.6 is 0 Å². The topological polar surface area (TPSA) is 77.7 Å². The van der Waals surface area contributed by atoms with Crippen LogP contribution in [0.3, 0.4) is 0 Å². The smallest absolute Gasteiger partial charge is 0.223 e. The molecule has 6 nitrogen and oxygen atoms in total. The summed E-state index contributed by atoms with van der Waals surface area (Å²) in [5.41, 5.74) is 3.17. The van der Waals surface area contributed by atoms with Crippen LogP contribution in [0, 0.1) is 0 Å². The number of nitrogens with one attached hydrogen (secondary N) is 2. The predicted octanol–water partition coefficient (Wildman–Crippen LogP) is 2.62. The molecule has 2 N–H and O–H groups in total. The number of aromatic amines is 2. The maximum atomic E-state index is 12.4. The Labute approximate surface area is 140 Å². The lowest BCUT2D eigenvalue weighted by molar-refractivity contribution is -0.132. The number of carbonyl (C=O) groups excluding carboxylic acids is 1. The van der Waals surface area contributed by atoms with E-state index in [0.717, 1.165) is 42.8 Å². The summed E-state index contributed by atoms with van der Waals surface area (Å²) < 4.78 is 0. The zero-order valence-corrected chi connectivity index (χ0v) is 13.5. The van der Waals surface area contributed by atoms with Crippen LogP contribution in [0.25, 0.3) is 11.0 Å². The zero-order chi connectivity index (χ0) is 16.4. The van der Waals surface area contributed by atoms with Gasteiger partial charge < -0.3 is 9.88 Å². The first-order valence-electron chi connectivity index (χ1n) is 8.50. The van der Waals surface area contributed by atoms with Crippen molar-refractivity contribution in [2.45, 2.75) is 31.6 Å². The number of hydrogen-bond acceptors (Lipinski definition) is 3. The van der Waals surface area contributed by atoms with Gasteiger partial charge in [0.25, 0.3) is 0 Å². The first-order valence-corrected chi connectivity index (χ1v) is 8.50. The number of aromatic nitrogens is 4. The molecular weight excluding hydrogens is 302 g/mol. The number of piperidine rings is 1. The summed E-state index contributed by atoms with van der Waals surface area (Å²) in [6.07, 6.45) is 4.96. The molecule has 124 valence electrons. The second-order valence-electron chi connectivity index (χ2n) is 6.37. The molecule has 3 heterocycles. The maximum absolute atomic E-state index is 12.4. The lowest BCUT2D eigenvalue weighted by Gasteiger charge is -2.31. The minimum atomic E-state index is 0.221. The molecule has 0 bridgehead atoms. The van der Waals surface area contributed by atoms with Crippen molar-refractivity contribution < 1.29 is 4.79 Å². The lowest BCUT2D eigenvalue weighted by atomic mass is 9.93. The third kappa shape index (κ3) is 3.04. The molecule has 2 aromatic heterocycles. The number of carbonyl (C=O) groups is 1. The van der Waals surface area contributed by atoms with Gasteiger partial charge in [0.2, 0.25) is 5.91 Å². The fourth-order valence-corrected chi connectivity index (χ4v) is 3.44.